The minimum atomic E-state index is -5.19. The first-order valence-electron chi connectivity index (χ1n) is 11.6. The maximum atomic E-state index is 13.4. The third-order valence-electron chi connectivity index (χ3n) is 7.28. The van der Waals surface area contributed by atoms with Gasteiger partial charge in [-0.2, -0.15) is 35.7 Å². The second-order valence-electron chi connectivity index (χ2n) is 9.52. The van der Waals surface area contributed by atoms with Crippen molar-refractivity contribution in [3.8, 4) is 5.75 Å². The van der Waals surface area contributed by atoms with E-state index in [1.807, 2.05) is 4.90 Å². The largest absolute Gasteiger partial charge is 0.457 e. The molecule has 2 fully saturated rings. The summed E-state index contributed by atoms with van der Waals surface area (Å²) in [6.45, 7) is 3.58. The van der Waals surface area contributed by atoms with Crippen LogP contribution in [0.1, 0.15) is 25.5 Å². The van der Waals surface area contributed by atoms with Crippen molar-refractivity contribution in [3.63, 3.8) is 0 Å². The third-order valence-corrected chi connectivity index (χ3v) is 7.28. The van der Waals surface area contributed by atoms with Crippen LogP contribution >= 0.6 is 0 Å². The first-order chi connectivity index (χ1) is 17.4. The van der Waals surface area contributed by atoms with E-state index in [1.165, 1.54) is 16.8 Å². The van der Waals surface area contributed by atoms with Gasteiger partial charge in [0.25, 0.3) is 0 Å². The lowest BCUT2D eigenvalue weighted by molar-refractivity contribution is -0.236. The number of fused-ring (bicyclic) bond motifs is 2. The van der Waals surface area contributed by atoms with Crippen molar-refractivity contribution in [2.45, 2.75) is 38.5 Å². The lowest BCUT2D eigenvalue weighted by Gasteiger charge is -2.50. The van der Waals surface area contributed by atoms with E-state index in [9.17, 15) is 30.7 Å². The highest BCUT2D eigenvalue weighted by Gasteiger charge is 2.58. The van der Waals surface area contributed by atoms with Crippen LogP contribution in [0, 0.1) is 17.3 Å². The summed E-state index contributed by atoms with van der Waals surface area (Å²) < 4.78 is 96.3. The lowest BCUT2D eigenvalue weighted by atomic mass is 9.54. The lowest BCUT2D eigenvalue weighted by Crippen LogP contribution is -2.51. The quantitative estimate of drug-likeness (QED) is 0.415. The summed E-state index contributed by atoms with van der Waals surface area (Å²) in [5, 5.41) is 7.33. The first kappa shape index (κ1) is 25.3. The van der Waals surface area contributed by atoms with E-state index < -0.39 is 30.2 Å². The molecule has 3 aromatic heterocycles. The van der Waals surface area contributed by atoms with Gasteiger partial charge in [0.15, 0.2) is 11.4 Å². The minimum Gasteiger partial charge on any atom is -0.448 e. The van der Waals surface area contributed by atoms with Crippen molar-refractivity contribution in [2.75, 3.05) is 29.9 Å². The number of hydrogen-bond acceptors (Lipinski definition) is 6. The van der Waals surface area contributed by atoms with Crippen molar-refractivity contribution in [3.05, 3.63) is 42.4 Å². The molecule has 1 aliphatic heterocycles. The van der Waals surface area contributed by atoms with Crippen LogP contribution in [0.2, 0.25) is 0 Å². The molecule has 0 amide bonds. The number of ether oxygens (including phenoxy) is 1. The normalized spacial score (nSPS) is 24.6. The number of hydrogen-bond donors (Lipinski definition) is 1. The molecule has 3 unspecified atom stereocenters. The van der Waals surface area contributed by atoms with Crippen molar-refractivity contribution < 1.29 is 35.5 Å². The molecule has 1 saturated heterocycles. The van der Waals surface area contributed by atoms with Crippen LogP contribution in [0.15, 0.2) is 36.7 Å². The Hall–Kier alpha value is -3.32. The molecule has 200 valence electrons. The second-order valence-corrected chi connectivity index (χ2v) is 9.52. The zero-order chi connectivity index (χ0) is 26.6. The predicted octanol–water partition coefficient (Wildman–Crippen LogP) is 5.34. The van der Waals surface area contributed by atoms with Crippen LogP contribution in [-0.2, 0) is 6.18 Å². The fraction of sp³-hybridized carbons (Fsp3) is 0.522. The fourth-order valence-electron chi connectivity index (χ4n) is 5.50. The van der Waals surface area contributed by atoms with E-state index >= 15 is 0 Å². The molecule has 37 heavy (non-hydrogen) atoms. The summed E-state index contributed by atoms with van der Waals surface area (Å²) in [4.78, 5) is 9.55. The number of halogens is 7. The zero-order valence-corrected chi connectivity index (χ0v) is 19.5. The summed E-state index contributed by atoms with van der Waals surface area (Å²) in [5.74, 6) is 0.341. The van der Waals surface area contributed by atoms with Gasteiger partial charge in [-0.25, -0.2) is 4.52 Å². The molecule has 2 aliphatic rings. The number of alkyl halides is 7. The Morgan fingerprint density at radius 1 is 1.22 bits per heavy atom. The average Bonchev–Trinajstić information content (AvgIpc) is 3.37. The molecule has 5 rings (SSSR count). The van der Waals surface area contributed by atoms with Gasteiger partial charge in [-0.05, 0) is 42.5 Å². The van der Waals surface area contributed by atoms with Crippen LogP contribution in [-0.4, -0.2) is 51.8 Å². The van der Waals surface area contributed by atoms with Crippen LogP contribution in [0.5, 0.6) is 5.75 Å². The van der Waals surface area contributed by atoms with E-state index in [-0.39, 0.29) is 22.9 Å². The molecule has 3 aromatic rings. The molecule has 4 heterocycles. The van der Waals surface area contributed by atoms with E-state index in [2.05, 4.69) is 32.0 Å². The Morgan fingerprint density at radius 3 is 2.70 bits per heavy atom. The number of nitrogens with zero attached hydrogens (tertiary/aromatic N) is 5. The Morgan fingerprint density at radius 2 is 2.00 bits per heavy atom. The van der Waals surface area contributed by atoms with Crippen molar-refractivity contribution in [2.24, 2.45) is 17.3 Å². The summed E-state index contributed by atoms with van der Waals surface area (Å²) >= 11 is 0. The van der Waals surface area contributed by atoms with E-state index in [4.69, 9.17) is 0 Å². The Kier molecular flexibility index (Phi) is 6.10. The molecule has 1 aliphatic carbocycles. The fourth-order valence-corrected chi connectivity index (χ4v) is 5.50. The Balaban J connectivity index is 1.33. The van der Waals surface area contributed by atoms with Gasteiger partial charge in [0, 0.05) is 43.1 Å². The van der Waals surface area contributed by atoms with Gasteiger partial charge in [0.05, 0.1) is 0 Å². The monoisotopic (exact) mass is 532 g/mol. The highest BCUT2D eigenvalue weighted by Crippen LogP contribution is 2.57. The average molecular weight is 532 g/mol. The molecule has 1 N–H and O–H groups in total. The molecular weight excluding hydrogens is 509 g/mol. The number of pyridine rings is 2. The molecule has 4 atom stereocenters. The summed E-state index contributed by atoms with van der Waals surface area (Å²) in [5.41, 5.74) is -0.838. The number of anilines is 2. The molecule has 7 nitrogen and oxygen atoms in total. The van der Waals surface area contributed by atoms with Crippen LogP contribution in [0.3, 0.4) is 0 Å². The SMILES string of the molecule is CC[C@H]1CC2(CNc3nc4c(OC(F)C(F)(F)F)cccn4n3)CN(c3ccnc(C(F)(F)F)c3)CC12. The maximum Gasteiger partial charge on any atom is 0.457 e. The molecule has 14 heteroatoms. The van der Waals surface area contributed by atoms with Crippen LogP contribution in [0.25, 0.3) is 5.65 Å². The minimum absolute atomic E-state index is 0.0875. The van der Waals surface area contributed by atoms with Gasteiger partial charge in [-0.15, -0.1) is 5.10 Å². The van der Waals surface area contributed by atoms with Crippen molar-refractivity contribution in [1.29, 1.82) is 0 Å². The molecule has 0 aromatic carbocycles. The smallest absolute Gasteiger partial charge is 0.448 e. The van der Waals surface area contributed by atoms with Gasteiger partial charge in [0.1, 0.15) is 5.69 Å². The van der Waals surface area contributed by atoms with Crippen molar-refractivity contribution in [1.82, 2.24) is 19.6 Å². The molecule has 0 spiro atoms. The molecule has 0 radical (unpaired) electrons. The summed E-state index contributed by atoms with van der Waals surface area (Å²) in [6, 6.07) is 5.13. The number of nitrogens with one attached hydrogen (secondary N) is 1. The predicted molar refractivity (Wildman–Crippen MR) is 119 cm³/mol. The highest BCUT2D eigenvalue weighted by atomic mass is 19.4. The van der Waals surface area contributed by atoms with Crippen LogP contribution in [0.4, 0.5) is 42.4 Å². The van der Waals surface area contributed by atoms with Gasteiger partial charge in [0.2, 0.25) is 5.95 Å². The van der Waals surface area contributed by atoms with Gasteiger partial charge >= 0.3 is 18.7 Å². The van der Waals surface area contributed by atoms with Crippen LogP contribution < -0.4 is 15.0 Å². The summed E-state index contributed by atoms with van der Waals surface area (Å²) in [6.07, 6.45) is -8.86. The molecule has 0 bridgehead atoms. The number of rotatable bonds is 7. The maximum absolute atomic E-state index is 13.4. The van der Waals surface area contributed by atoms with Gasteiger partial charge in [-0.1, -0.05) is 13.3 Å². The highest BCUT2D eigenvalue weighted by molar-refractivity contribution is 5.56. The molecular formula is C23H23F7N6O. The van der Waals surface area contributed by atoms with E-state index in [0.29, 0.717) is 31.2 Å². The zero-order valence-electron chi connectivity index (χ0n) is 19.5. The van der Waals surface area contributed by atoms with Crippen molar-refractivity contribution >= 4 is 17.3 Å². The van der Waals surface area contributed by atoms with Gasteiger partial charge in [-0.3, -0.25) is 4.98 Å². The Labute approximate surface area is 206 Å². The standard InChI is InChI=1S/C23H23F7N6O/c1-2-13-9-21(12-35(10-15(13)21)14-5-6-31-17(8-14)22(25,26)27)11-32-20-33-18-16(4-3-7-36(18)34-20)37-19(24)23(28,29)30/h3-8,13,15,19H,2,9-12H2,1H3,(H,32,34)/t13-,15?,19?,21?/m0/s1. The third kappa shape index (κ3) is 4.73. The topological polar surface area (TPSA) is 67.6 Å². The van der Waals surface area contributed by atoms with E-state index in [0.717, 1.165) is 31.2 Å². The Bertz CT molecular complexity index is 1280. The first-order valence-corrected chi connectivity index (χ1v) is 11.6. The van der Waals surface area contributed by atoms with E-state index in [1.54, 1.807) is 6.07 Å². The number of aromatic nitrogens is 4. The molecule has 1 saturated carbocycles. The summed E-state index contributed by atoms with van der Waals surface area (Å²) in [7, 11) is 0. The van der Waals surface area contributed by atoms with Gasteiger partial charge < -0.3 is 15.0 Å². The second kappa shape index (κ2) is 8.91.